The minimum atomic E-state index is -4.43. The molecule has 0 fully saturated rings. The Balaban J connectivity index is 0.00000364. The Labute approximate surface area is 172 Å². The van der Waals surface area contributed by atoms with Crippen LogP contribution in [0.4, 0.5) is 19.0 Å². The maximum absolute atomic E-state index is 12.9. The number of aliphatic imine (C=N–C) groups is 1. The van der Waals surface area contributed by atoms with Crippen LogP contribution in [0.2, 0.25) is 0 Å². The second-order valence-electron chi connectivity index (χ2n) is 5.37. The highest BCUT2D eigenvalue weighted by Crippen LogP contribution is 2.33. The number of anilines is 1. The fourth-order valence-electron chi connectivity index (χ4n) is 2.24. The van der Waals surface area contributed by atoms with Crippen molar-refractivity contribution in [2.75, 3.05) is 32.0 Å². The van der Waals surface area contributed by atoms with Gasteiger partial charge in [-0.1, -0.05) is 0 Å². The van der Waals surface area contributed by atoms with Crippen LogP contribution in [0.3, 0.4) is 0 Å². The van der Waals surface area contributed by atoms with Crippen LogP contribution in [0.5, 0.6) is 0 Å². The first-order valence-electron chi connectivity index (χ1n) is 8.18. The number of nitrogens with zero attached hydrogens (tertiary/aromatic N) is 4. The topological polar surface area (TPSA) is 79.2 Å². The largest absolute Gasteiger partial charge is 0.419 e. The molecule has 7 nitrogen and oxygen atoms in total. The molecule has 2 aromatic rings. The highest BCUT2D eigenvalue weighted by atomic mass is 127. The molecule has 0 aliphatic rings. The normalized spacial score (nSPS) is 11.6. The molecule has 2 rings (SSSR count). The minimum absolute atomic E-state index is 0. The van der Waals surface area contributed by atoms with Crippen molar-refractivity contribution in [2.24, 2.45) is 4.99 Å². The lowest BCUT2D eigenvalue weighted by Crippen LogP contribution is -2.40. The highest BCUT2D eigenvalue weighted by molar-refractivity contribution is 14.0. The van der Waals surface area contributed by atoms with Crippen molar-refractivity contribution in [2.45, 2.75) is 19.1 Å². The lowest BCUT2D eigenvalue weighted by molar-refractivity contribution is -0.137. The molecule has 150 valence electrons. The Morgan fingerprint density at radius 3 is 2.59 bits per heavy atom. The Kier molecular flexibility index (Phi) is 9.89. The monoisotopic (exact) mass is 497 g/mol. The summed E-state index contributed by atoms with van der Waals surface area (Å²) in [6.45, 7) is 2.16. The first-order valence-corrected chi connectivity index (χ1v) is 8.18. The van der Waals surface area contributed by atoms with Crippen LogP contribution < -0.4 is 16.0 Å². The highest BCUT2D eigenvalue weighted by Gasteiger charge is 2.33. The molecular weight excluding hydrogens is 474 g/mol. The molecule has 0 saturated heterocycles. The van der Waals surface area contributed by atoms with Crippen molar-refractivity contribution in [1.29, 1.82) is 0 Å². The van der Waals surface area contributed by atoms with Gasteiger partial charge in [-0.15, -0.1) is 24.0 Å². The number of halogens is 4. The van der Waals surface area contributed by atoms with Gasteiger partial charge in [-0.3, -0.25) is 9.67 Å². The zero-order valence-electron chi connectivity index (χ0n) is 14.8. The molecule has 0 bridgehead atoms. The van der Waals surface area contributed by atoms with Crippen LogP contribution in [-0.2, 0) is 12.7 Å². The predicted molar refractivity (Wildman–Crippen MR) is 109 cm³/mol. The van der Waals surface area contributed by atoms with E-state index in [2.05, 4.69) is 31.0 Å². The number of aryl methyl sites for hydroxylation is 1. The summed E-state index contributed by atoms with van der Waals surface area (Å²) < 4.78 is 40.5. The molecule has 2 aromatic heterocycles. The quantitative estimate of drug-likeness (QED) is 0.226. The van der Waals surface area contributed by atoms with Crippen molar-refractivity contribution < 1.29 is 13.2 Å². The SMILES string of the molecule is CN=C(NCCCn1cccn1)NCCNc1ncccc1C(F)(F)F.I. The predicted octanol–water partition coefficient (Wildman–Crippen LogP) is 2.58. The second-order valence-corrected chi connectivity index (χ2v) is 5.37. The first kappa shape index (κ1) is 23.0. The summed E-state index contributed by atoms with van der Waals surface area (Å²) in [5, 5.41) is 13.0. The van der Waals surface area contributed by atoms with Crippen LogP contribution in [-0.4, -0.2) is 47.4 Å². The molecule has 27 heavy (non-hydrogen) atoms. The molecule has 0 radical (unpaired) electrons. The molecule has 2 heterocycles. The van der Waals surface area contributed by atoms with Crippen LogP contribution in [0.15, 0.2) is 41.8 Å². The van der Waals surface area contributed by atoms with Gasteiger partial charge < -0.3 is 16.0 Å². The molecule has 0 amide bonds. The summed E-state index contributed by atoms with van der Waals surface area (Å²) in [6.07, 6.45) is 1.38. The minimum Gasteiger partial charge on any atom is -0.368 e. The molecule has 0 unspecified atom stereocenters. The van der Waals surface area contributed by atoms with Gasteiger partial charge in [0.25, 0.3) is 0 Å². The van der Waals surface area contributed by atoms with Gasteiger partial charge in [-0.05, 0) is 24.6 Å². The van der Waals surface area contributed by atoms with E-state index in [-0.39, 0.29) is 36.3 Å². The summed E-state index contributed by atoms with van der Waals surface area (Å²) in [6, 6.07) is 4.14. The molecule has 11 heteroatoms. The third-order valence-electron chi connectivity index (χ3n) is 3.46. The molecule has 3 N–H and O–H groups in total. The van der Waals surface area contributed by atoms with Gasteiger partial charge in [0.15, 0.2) is 5.96 Å². The van der Waals surface area contributed by atoms with E-state index in [4.69, 9.17) is 0 Å². The van der Waals surface area contributed by atoms with Crippen molar-refractivity contribution in [3.8, 4) is 0 Å². The summed E-state index contributed by atoms with van der Waals surface area (Å²) in [7, 11) is 1.64. The zero-order valence-corrected chi connectivity index (χ0v) is 17.2. The lowest BCUT2D eigenvalue weighted by Gasteiger charge is -2.15. The Hall–Kier alpha value is -2.05. The van der Waals surface area contributed by atoms with Crippen molar-refractivity contribution >= 4 is 35.8 Å². The Bertz CT molecular complexity index is 690. The first-order chi connectivity index (χ1) is 12.5. The maximum atomic E-state index is 12.9. The summed E-state index contributed by atoms with van der Waals surface area (Å²) >= 11 is 0. The van der Waals surface area contributed by atoms with E-state index in [1.807, 2.05) is 16.9 Å². The molecule has 0 aromatic carbocycles. The standard InChI is InChI=1S/C16H22F3N7.HI/c1-20-15(23-7-3-11-26-12-4-8-25-26)24-10-9-22-14-13(16(17,18)19)5-2-6-21-14;/h2,4-6,8,12H,3,7,9-11H2,1H3,(H,21,22)(H2,20,23,24);1H. The van der Waals surface area contributed by atoms with E-state index in [1.165, 1.54) is 12.3 Å². The van der Waals surface area contributed by atoms with Crippen molar-refractivity contribution in [1.82, 2.24) is 25.4 Å². The van der Waals surface area contributed by atoms with Gasteiger partial charge in [0.2, 0.25) is 0 Å². The summed E-state index contributed by atoms with van der Waals surface area (Å²) in [5.41, 5.74) is -0.777. The van der Waals surface area contributed by atoms with Gasteiger partial charge in [0.1, 0.15) is 5.82 Å². The summed E-state index contributed by atoms with van der Waals surface area (Å²) in [5.74, 6) is 0.410. The molecule has 0 spiro atoms. The van der Waals surface area contributed by atoms with E-state index < -0.39 is 11.7 Å². The van der Waals surface area contributed by atoms with E-state index in [0.29, 0.717) is 19.0 Å². The van der Waals surface area contributed by atoms with E-state index in [0.717, 1.165) is 19.0 Å². The third kappa shape index (κ3) is 8.01. The number of hydrogen-bond donors (Lipinski definition) is 3. The second kappa shape index (κ2) is 11.6. The average Bonchev–Trinajstić information content (AvgIpc) is 3.13. The van der Waals surface area contributed by atoms with Gasteiger partial charge in [0, 0.05) is 51.8 Å². The van der Waals surface area contributed by atoms with E-state index in [9.17, 15) is 13.2 Å². The van der Waals surface area contributed by atoms with Crippen LogP contribution in [0.1, 0.15) is 12.0 Å². The van der Waals surface area contributed by atoms with Crippen molar-refractivity contribution in [3.63, 3.8) is 0 Å². The van der Waals surface area contributed by atoms with Gasteiger partial charge in [-0.25, -0.2) is 4.98 Å². The molecule has 0 saturated carbocycles. The van der Waals surface area contributed by atoms with Crippen LogP contribution >= 0.6 is 24.0 Å². The number of nitrogens with one attached hydrogen (secondary N) is 3. The van der Waals surface area contributed by atoms with Crippen LogP contribution in [0.25, 0.3) is 0 Å². The van der Waals surface area contributed by atoms with E-state index >= 15 is 0 Å². The number of guanidine groups is 1. The fourth-order valence-corrected chi connectivity index (χ4v) is 2.24. The van der Waals surface area contributed by atoms with Crippen molar-refractivity contribution in [3.05, 3.63) is 42.4 Å². The maximum Gasteiger partial charge on any atom is 0.419 e. The van der Waals surface area contributed by atoms with Gasteiger partial charge >= 0.3 is 6.18 Å². The van der Waals surface area contributed by atoms with E-state index in [1.54, 1.807) is 13.2 Å². The number of pyridine rings is 1. The summed E-state index contributed by atoms with van der Waals surface area (Å²) in [4.78, 5) is 7.83. The number of alkyl halides is 3. The number of rotatable bonds is 8. The third-order valence-corrected chi connectivity index (χ3v) is 3.46. The zero-order chi connectivity index (χ0) is 18.8. The van der Waals surface area contributed by atoms with Gasteiger partial charge in [-0.2, -0.15) is 18.3 Å². The Morgan fingerprint density at radius 1 is 1.15 bits per heavy atom. The van der Waals surface area contributed by atoms with Gasteiger partial charge in [0.05, 0.1) is 5.56 Å². The number of hydrogen-bond acceptors (Lipinski definition) is 4. The Morgan fingerprint density at radius 2 is 1.93 bits per heavy atom. The lowest BCUT2D eigenvalue weighted by atomic mass is 10.2. The molecular formula is C16H23F3IN7. The van der Waals surface area contributed by atoms with Crippen LogP contribution in [0, 0.1) is 0 Å². The molecule has 0 atom stereocenters. The number of aromatic nitrogens is 3. The average molecular weight is 497 g/mol. The molecule has 0 aliphatic carbocycles. The molecule has 0 aliphatic heterocycles. The fraction of sp³-hybridized carbons (Fsp3) is 0.438. The smallest absolute Gasteiger partial charge is 0.368 e.